The maximum atomic E-state index is 10.7. The smallest absolute Gasteiger partial charge is 0.358 e. The van der Waals surface area contributed by atoms with Crippen molar-refractivity contribution in [1.29, 1.82) is 0 Å². The van der Waals surface area contributed by atoms with Crippen LogP contribution in [-0.4, -0.2) is 26.0 Å². The molecule has 0 saturated heterocycles. The molecule has 1 N–H and O–H groups in total. The highest BCUT2D eigenvalue weighted by Crippen LogP contribution is 2.22. The second kappa shape index (κ2) is 4.82. The van der Waals surface area contributed by atoms with Crippen LogP contribution in [-0.2, 0) is 0 Å². The Bertz CT molecular complexity index is 761. The molecule has 0 amide bonds. The van der Waals surface area contributed by atoms with Gasteiger partial charge in [0, 0.05) is 17.8 Å². The van der Waals surface area contributed by atoms with E-state index in [0.717, 1.165) is 11.3 Å². The van der Waals surface area contributed by atoms with Gasteiger partial charge in [-0.25, -0.2) is 9.48 Å². The number of carboxylic acid groups (broad SMARTS) is 1. The summed E-state index contributed by atoms with van der Waals surface area (Å²) in [6.07, 6.45) is 3.23. The summed E-state index contributed by atoms with van der Waals surface area (Å²) >= 11 is 5.81. The van der Waals surface area contributed by atoms with E-state index < -0.39 is 5.97 Å². The quantitative estimate of drug-likeness (QED) is 0.802. The van der Waals surface area contributed by atoms with Crippen LogP contribution in [0.5, 0.6) is 0 Å². The van der Waals surface area contributed by atoms with Gasteiger partial charge in [0.2, 0.25) is 0 Å². The van der Waals surface area contributed by atoms with Crippen molar-refractivity contribution < 1.29 is 14.4 Å². The zero-order valence-electron chi connectivity index (χ0n) is 10.0. The van der Waals surface area contributed by atoms with E-state index in [1.807, 2.05) is 12.1 Å². The van der Waals surface area contributed by atoms with Crippen LogP contribution in [0, 0.1) is 0 Å². The summed E-state index contributed by atoms with van der Waals surface area (Å²) in [5.41, 5.74) is 1.44. The van der Waals surface area contributed by atoms with E-state index in [2.05, 4.69) is 10.3 Å². The molecule has 0 aliphatic rings. The van der Waals surface area contributed by atoms with Crippen LogP contribution < -0.4 is 0 Å². The molecule has 0 aliphatic heterocycles. The lowest BCUT2D eigenvalue weighted by atomic mass is 10.1. The fourth-order valence-corrected chi connectivity index (χ4v) is 1.87. The van der Waals surface area contributed by atoms with Crippen molar-refractivity contribution in [3.63, 3.8) is 0 Å². The van der Waals surface area contributed by atoms with E-state index >= 15 is 0 Å². The second-order valence-electron chi connectivity index (χ2n) is 4.03. The minimum atomic E-state index is -1.12. The summed E-state index contributed by atoms with van der Waals surface area (Å²) in [7, 11) is 0. The van der Waals surface area contributed by atoms with Crippen LogP contribution in [0.25, 0.3) is 17.0 Å². The normalized spacial score (nSPS) is 10.7. The van der Waals surface area contributed by atoms with Gasteiger partial charge in [-0.2, -0.15) is 5.10 Å². The molecule has 0 radical (unpaired) electrons. The van der Waals surface area contributed by atoms with Crippen molar-refractivity contribution in [2.45, 2.75) is 0 Å². The standard InChI is InChI=1S/C13H8ClN3O3/c14-9-6-15-17(7-9)10-3-1-8(2-4-10)12-5-11(13(18)19)16-20-12/h1-7H,(H,18,19). The lowest BCUT2D eigenvalue weighted by molar-refractivity contribution is 0.0686. The summed E-state index contributed by atoms with van der Waals surface area (Å²) in [4.78, 5) is 10.7. The van der Waals surface area contributed by atoms with E-state index in [4.69, 9.17) is 21.2 Å². The van der Waals surface area contributed by atoms with Gasteiger partial charge in [-0.05, 0) is 24.3 Å². The number of carboxylic acids is 1. The molecule has 3 rings (SSSR count). The molecular weight excluding hydrogens is 282 g/mol. The minimum Gasteiger partial charge on any atom is -0.476 e. The maximum Gasteiger partial charge on any atom is 0.358 e. The predicted molar refractivity (Wildman–Crippen MR) is 71.0 cm³/mol. The Labute approximate surface area is 118 Å². The van der Waals surface area contributed by atoms with Gasteiger partial charge >= 0.3 is 5.97 Å². The Morgan fingerprint density at radius 2 is 2.05 bits per heavy atom. The summed E-state index contributed by atoms with van der Waals surface area (Å²) in [6, 6.07) is 8.60. The molecule has 100 valence electrons. The molecule has 0 bridgehead atoms. The Morgan fingerprint density at radius 1 is 1.30 bits per heavy atom. The van der Waals surface area contributed by atoms with Crippen molar-refractivity contribution in [3.8, 4) is 17.0 Å². The van der Waals surface area contributed by atoms with E-state index in [1.54, 1.807) is 29.2 Å². The fraction of sp³-hybridized carbons (Fsp3) is 0. The van der Waals surface area contributed by atoms with Gasteiger partial charge in [0.15, 0.2) is 11.5 Å². The predicted octanol–water partition coefficient (Wildman–Crippen LogP) is 2.88. The number of benzene rings is 1. The number of hydrogen-bond acceptors (Lipinski definition) is 4. The summed E-state index contributed by atoms with van der Waals surface area (Å²) in [5.74, 6) is -0.727. The van der Waals surface area contributed by atoms with Gasteiger partial charge in [-0.1, -0.05) is 16.8 Å². The average Bonchev–Trinajstić information content (AvgIpc) is 3.08. The van der Waals surface area contributed by atoms with Gasteiger partial charge in [0.1, 0.15) is 0 Å². The molecule has 3 aromatic rings. The van der Waals surface area contributed by atoms with Crippen molar-refractivity contribution >= 4 is 17.6 Å². The van der Waals surface area contributed by atoms with Gasteiger partial charge in [0.25, 0.3) is 0 Å². The molecule has 0 atom stereocenters. The summed E-state index contributed by atoms with van der Waals surface area (Å²) < 4.78 is 6.62. The minimum absolute atomic E-state index is 0.122. The van der Waals surface area contributed by atoms with Gasteiger partial charge in [0.05, 0.1) is 16.9 Å². The molecule has 7 heteroatoms. The van der Waals surface area contributed by atoms with Crippen LogP contribution in [0.4, 0.5) is 0 Å². The summed E-state index contributed by atoms with van der Waals surface area (Å²) in [6.45, 7) is 0. The molecule has 0 unspecified atom stereocenters. The van der Waals surface area contributed by atoms with Gasteiger partial charge in [-0.15, -0.1) is 0 Å². The van der Waals surface area contributed by atoms with Crippen molar-refractivity contribution in [3.05, 3.63) is 53.4 Å². The lowest BCUT2D eigenvalue weighted by Gasteiger charge is -2.01. The SMILES string of the molecule is O=C(O)c1cc(-c2ccc(-n3cc(Cl)cn3)cc2)on1. The molecule has 0 saturated carbocycles. The molecule has 2 heterocycles. The Balaban J connectivity index is 1.90. The van der Waals surface area contributed by atoms with Crippen LogP contribution in [0.2, 0.25) is 5.02 Å². The third-order valence-electron chi connectivity index (χ3n) is 2.70. The maximum absolute atomic E-state index is 10.7. The first-order valence-corrected chi connectivity index (χ1v) is 6.02. The monoisotopic (exact) mass is 289 g/mol. The topological polar surface area (TPSA) is 81.1 Å². The number of rotatable bonds is 3. The molecular formula is C13H8ClN3O3. The van der Waals surface area contributed by atoms with Crippen LogP contribution in [0.15, 0.2) is 47.2 Å². The van der Waals surface area contributed by atoms with E-state index in [0.29, 0.717) is 10.8 Å². The Hall–Kier alpha value is -2.60. The van der Waals surface area contributed by atoms with Crippen LogP contribution in [0.1, 0.15) is 10.5 Å². The van der Waals surface area contributed by atoms with Crippen molar-refractivity contribution in [1.82, 2.24) is 14.9 Å². The highest BCUT2D eigenvalue weighted by molar-refractivity contribution is 6.30. The van der Waals surface area contributed by atoms with E-state index in [1.165, 1.54) is 6.07 Å². The molecule has 2 aromatic heterocycles. The summed E-state index contributed by atoms with van der Waals surface area (Å²) in [5, 5.41) is 16.9. The zero-order valence-corrected chi connectivity index (χ0v) is 10.8. The third kappa shape index (κ3) is 2.28. The largest absolute Gasteiger partial charge is 0.476 e. The Kier molecular flexibility index (Phi) is 3.00. The second-order valence-corrected chi connectivity index (χ2v) is 4.47. The molecule has 0 aliphatic carbocycles. The number of carbonyl (C=O) groups is 1. The van der Waals surface area contributed by atoms with Crippen LogP contribution >= 0.6 is 11.6 Å². The van der Waals surface area contributed by atoms with Gasteiger partial charge in [-0.3, -0.25) is 0 Å². The van der Waals surface area contributed by atoms with Crippen molar-refractivity contribution in [2.24, 2.45) is 0 Å². The zero-order chi connectivity index (χ0) is 14.1. The first-order valence-electron chi connectivity index (χ1n) is 5.64. The molecule has 0 fully saturated rings. The number of aromatic nitrogens is 3. The average molecular weight is 290 g/mol. The van der Waals surface area contributed by atoms with Crippen molar-refractivity contribution in [2.75, 3.05) is 0 Å². The fourth-order valence-electron chi connectivity index (χ4n) is 1.73. The number of hydrogen-bond donors (Lipinski definition) is 1. The first-order chi connectivity index (χ1) is 9.63. The van der Waals surface area contributed by atoms with Gasteiger partial charge < -0.3 is 9.63 Å². The number of nitrogens with zero attached hydrogens (tertiary/aromatic N) is 3. The third-order valence-corrected chi connectivity index (χ3v) is 2.89. The van der Waals surface area contributed by atoms with Crippen LogP contribution in [0.3, 0.4) is 0 Å². The first kappa shape index (κ1) is 12.4. The number of aromatic carboxylic acids is 1. The molecule has 1 aromatic carbocycles. The van der Waals surface area contributed by atoms with E-state index in [9.17, 15) is 4.79 Å². The highest BCUT2D eigenvalue weighted by atomic mass is 35.5. The highest BCUT2D eigenvalue weighted by Gasteiger charge is 2.12. The molecule has 6 nitrogen and oxygen atoms in total. The lowest BCUT2D eigenvalue weighted by Crippen LogP contribution is -1.94. The van der Waals surface area contributed by atoms with E-state index in [-0.39, 0.29) is 5.69 Å². The molecule has 0 spiro atoms. The number of halogens is 1. The Morgan fingerprint density at radius 3 is 2.60 bits per heavy atom. The molecule has 20 heavy (non-hydrogen) atoms.